The molecule has 1 atom stereocenters. The van der Waals surface area contributed by atoms with Crippen molar-refractivity contribution >= 4 is 15.9 Å². The van der Waals surface area contributed by atoms with Crippen molar-refractivity contribution in [3.8, 4) is 5.75 Å². The Morgan fingerprint density at radius 2 is 1.86 bits per heavy atom. The highest BCUT2D eigenvalue weighted by atomic mass is 79.9. The predicted octanol–water partition coefficient (Wildman–Crippen LogP) is 4.30. The van der Waals surface area contributed by atoms with Gasteiger partial charge in [-0.1, -0.05) is 45.8 Å². The second-order valence-corrected chi connectivity index (χ2v) is 6.25. The number of benzene rings is 2. The van der Waals surface area contributed by atoms with Gasteiger partial charge in [-0.25, -0.2) is 0 Å². The number of hydrogen-bond acceptors (Lipinski definition) is 2. The summed E-state index contributed by atoms with van der Waals surface area (Å²) in [6.07, 6.45) is 1.87. The summed E-state index contributed by atoms with van der Waals surface area (Å²) in [5.41, 5.74) is 3.56. The Labute approximate surface area is 134 Å². The number of ether oxygens (including phenoxy) is 1. The van der Waals surface area contributed by atoms with Gasteiger partial charge >= 0.3 is 0 Å². The van der Waals surface area contributed by atoms with Crippen molar-refractivity contribution in [2.45, 2.75) is 32.3 Å². The Bertz CT molecular complexity index is 578. The minimum absolute atomic E-state index is 0.366. The van der Waals surface area contributed by atoms with Gasteiger partial charge in [-0.05, 0) is 49.1 Å². The van der Waals surface area contributed by atoms with Gasteiger partial charge in [0.25, 0.3) is 0 Å². The topological polar surface area (TPSA) is 29.5 Å². The summed E-state index contributed by atoms with van der Waals surface area (Å²) < 4.78 is 6.35. The zero-order valence-electron chi connectivity index (χ0n) is 12.5. The van der Waals surface area contributed by atoms with E-state index in [1.807, 2.05) is 18.2 Å². The standard InChI is InChI=1S/C18H21BrO2/c1-13-3-5-14(6-4-13)7-9-17(20)12-15-11-16(19)8-10-18(15)21-2/h3-6,8,10-11,17,20H,7,9,12H2,1-2H3. The minimum Gasteiger partial charge on any atom is -0.496 e. The number of rotatable bonds is 6. The third-order valence-electron chi connectivity index (χ3n) is 3.58. The molecule has 112 valence electrons. The van der Waals surface area contributed by atoms with E-state index < -0.39 is 0 Å². The van der Waals surface area contributed by atoms with E-state index in [0.29, 0.717) is 6.42 Å². The molecular formula is C18H21BrO2. The smallest absolute Gasteiger partial charge is 0.122 e. The molecule has 1 N–H and O–H groups in total. The summed E-state index contributed by atoms with van der Waals surface area (Å²) in [5, 5.41) is 10.3. The van der Waals surface area contributed by atoms with E-state index in [1.54, 1.807) is 7.11 Å². The highest BCUT2D eigenvalue weighted by Crippen LogP contribution is 2.25. The van der Waals surface area contributed by atoms with Crippen LogP contribution in [0.15, 0.2) is 46.9 Å². The van der Waals surface area contributed by atoms with Crippen molar-refractivity contribution in [3.05, 3.63) is 63.6 Å². The van der Waals surface area contributed by atoms with Crippen LogP contribution < -0.4 is 4.74 Å². The lowest BCUT2D eigenvalue weighted by molar-refractivity contribution is 0.164. The van der Waals surface area contributed by atoms with Gasteiger partial charge in [-0.15, -0.1) is 0 Å². The second kappa shape index (κ2) is 7.62. The van der Waals surface area contributed by atoms with E-state index in [0.717, 1.165) is 28.6 Å². The third-order valence-corrected chi connectivity index (χ3v) is 4.08. The SMILES string of the molecule is COc1ccc(Br)cc1CC(O)CCc1ccc(C)cc1. The molecular weight excluding hydrogens is 328 g/mol. The van der Waals surface area contributed by atoms with Crippen LogP contribution in [0.25, 0.3) is 0 Å². The first kappa shape index (κ1) is 16.1. The van der Waals surface area contributed by atoms with Crippen LogP contribution in [0.3, 0.4) is 0 Å². The van der Waals surface area contributed by atoms with Gasteiger partial charge in [0, 0.05) is 10.9 Å². The van der Waals surface area contributed by atoms with Crippen LogP contribution in [0, 0.1) is 6.92 Å². The molecule has 0 saturated carbocycles. The summed E-state index contributed by atoms with van der Waals surface area (Å²) >= 11 is 3.46. The van der Waals surface area contributed by atoms with Gasteiger partial charge in [0.1, 0.15) is 5.75 Å². The largest absolute Gasteiger partial charge is 0.496 e. The van der Waals surface area contributed by atoms with Gasteiger partial charge in [0.15, 0.2) is 0 Å². The second-order valence-electron chi connectivity index (χ2n) is 5.34. The van der Waals surface area contributed by atoms with Crippen LogP contribution in [0.4, 0.5) is 0 Å². The zero-order valence-corrected chi connectivity index (χ0v) is 14.1. The van der Waals surface area contributed by atoms with E-state index >= 15 is 0 Å². The molecule has 0 saturated heterocycles. The molecule has 0 spiro atoms. The Balaban J connectivity index is 1.94. The molecule has 2 rings (SSSR count). The Morgan fingerprint density at radius 1 is 1.14 bits per heavy atom. The maximum Gasteiger partial charge on any atom is 0.122 e. The molecule has 0 amide bonds. The Morgan fingerprint density at radius 3 is 2.52 bits per heavy atom. The minimum atomic E-state index is -0.366. The first-order chi connectivity index (χ1) is 10.1. The summed E-state index contributed by atoms with van der Waals surface area (Å²) in [5.74, 6) is 0.826. The van der Waals surface area contributed by atoms with Crippen LogP contribution in [-0.2, 0) is 12.8 Å². The third kappa shape index (κ3) is 4.87. The summed E-state index contributed by atoms with van der Waals surface area (Å²) in [6.45, 7) is 2.08. The van der Waals surface area contributed by atoms with E-state index in [4.69, 9.17) is 4.74 Å². The quantitative estimate of drug-likeness (QED) is 0.843. The zero-order chi connectivity index (χ0) is 15.2. The molecule has 2 nitrogen and oxygen atoms in total. The van der Waals surface area contributed by atoms with Gasteiger partial charge in [-0.2, -0.15) is 0 Å². The molecule has 21 heavy (non-hydrogen) atoms. The first-order valence-electron chi connectivity index (χ1n) is 7.14. The van der Waals surface area contributed by atoms with Crippen molar-refractivity contribution in [2.24, 2.45) is 0 Å². The summed E-state index contributed by atoms with van der Waals surface area (Å²) in [4.78, 5) is 0. The highest BCUT2D eigenvalue weighted by Gasteiger charge is 2.11. The summed E-state index contributed by atoms with van der Waals surface area (Å²) in [7, 11) is 1.66. The number of aliphatic hydroxyl groups is 1. The van der Waals surface area contributed by atoms with Gasteiger partial charge in [0.05, 0.1) is 13.2 Å². The molecule has 0 fully saturated rings. The van der Waals surface area contributed by atoms with Crippen molar-refractivity contribution in [1.29, 1.82) is 0 Å². The van der Waals surface area contributed by atoms with Gasteiger partial charge < -0.3 is 9.84 Å². The normalized spacial score (nSPS) is 12.2. The van der Waals surface area contributed by atoms with Crippen molar-refractivity contribution in [2.75, 3.05) is 7.11 Å². The molecule has 1 unspecified atom stereocenters. The Kier molecular flexibility index (Phi) is 5.83. The molecule has 0 radical (unpaired) electrons. The lowest BCUT2D eigenvalue weighted by Crippen LogP contribution is -2.12. The number of halogens is 1. The van der Waals surface area contributed by atoms with Crippen LogP contribution in [0.1, 0.15) is 23.1 Å². The molecule has 0 aliphatic carbocycles. The van der Waals surface area contributed by atoms with Gasteiger partial charge in [0.2, 0.25) is 0 Å². The monoisotopic (exact) mass is 348 g/mol. The fourth-order valence-electron chi connectivity index (χ4n) is 2.35. The molecule has 0 bridgehead atoms. The number of aryl methyl sites for hydroxylation is 2. The molecule has 2 aromatic rings. The molecule has 0 aliphatic heterocycles. The number of hydrogen-bond donors (Lipinski definition) is 1. The molecule has 2 aromatic carbocycles. The van der Waals surface area contributed by atoms with E-state index in [-0.39, 0.29) is 6.10 Å². The lowest BCUT2D eigenvalue weighted by atomic mass is 10.0. The van der Waals surface area contributed by atoms with E-state index in [2.05, 4.69) is 47.1 Å². The van der Waals surface area contributed by atoms with Crippen LogP contribution in [0.2, 0.25) is 0 Å². The van der Waals surface area contributed by atoms with E-state index in [1.165, 1.54) is 11.1 Å². The molecule has 3 heteroatoms. The van der Waals surface area contributed by atoms with Crippen LogP contribution in [0.5, 0.6) is 5.75 Å². The first-order valence-corrected chi connectivity index (χ1v) is 7.94. The average molecular weight is 349 g/mol. The Hall–Kier alpha value is -1.32. The maximum absolute atomic E-state index is 10.3. The van der Waals surface area contributed by atoms with Gasteiger partial charge in [-0.3, -0.25) is 0 Å². The molecule has 0 aliphatic rings. The molecule has 0 heterocycles. The highest BCUT2D eigenvalue weighted by molar-refractivity contribution is 9.10. The fourth-order valence-corrected chi connectivity index (χ4v) is 2.76. The lowest BCUT2D eigenvalue weighted by Gasteiger charge is -2.14. The van der Waals surface area contributed by atoms with Crippen LogP contribution >= 0.6 is 15.9 Å². The van der Waals surface area contributed by atoms with E-state index in [9.17, 15) is 5.11 Å². The van der Waals surface area contributed by atoms with Crippen molar-refractivity contribution in [1.82, 2.24) is 0 Å². The van der Waals surface area contributed by atoms with Crippen LogP contribution in [-0.4, -0.2) is 18.3 Å². The van der Waals surface area contributed by atoms with Crippen molar-refractivity contribution in [3.63, 3.8) is 0 Å². The maximum atomic E-state index is 10.3. The number of methoxy groups -OCH3 is 1. The average Bonchev–Trinajstić information content (AvgIpc) is 2.47. The fraction of sp³-hybridized carbons (Fsp3) is 0.333. The molecule has 0 aromatic heterocycles. The van der Waals surface area contributed by atoms with Crippen molar-refractivity contribution < 1.29 is 9.84 Å². The summed E-state index contributed by atoms with van der Waals surface area (Å²) in [6, 6.07) is 14.3. The predicted molar refractivity (Wildman–Crippen MR) is 89.9 cm³/mol. The number of aliphatic hydroxyl groups excluding tert-OH is 1.